The molecule has 1 fully saturated rings. The van der Waals surface area contributed by atoms with Gasteiger partial charge in [-0.2, -0.15) is 13.2 Å². The first kappa shape index (κ1) is 22.7. The van der Waals surface area contributed by atoms with E-state index in [0.29, 0.717) is 18.0 Å². The number of carbonyl (C=O) groups excluding carboxylic acids is 1. The Kier molecular flexibility index (Phi) is 8.32. The third-order valence-corrected chi connectivity index (χ3v) is 5.27. The average molecular weight is 416 g/mol. The molecule has 1 atom stereocenters. The van der Waals surface area contributed by atoms with Gasteiger partial charge in [-0.3, -0.25) is 4.79 Å². The summed E-state index contributed by atoms with van der Waals surface area (Å²) in [6, 6.07) is 4.98. The van der Waals surface area contributed by atoms with Crippen LogP contribution in [0.2, 0.25) is 0 Å². The van der Waals surface area contributed by atoms with E-state index in [1.165, 1.54) is 16.9 Å². The Labute approximate surface area is 156 Å². The van der Waals surface area contributed by atoms with Gasteiger partial charge >= 0.3 is 6.18 Å². The SMILES string of the molecule is Cl.O=C(CCC1CCNC1)Nc1ccc(S(=O)(=O)NCC(F)(F)F)cc1. The van der Waals surface area contributed by atoms with Gasteiger partial charge in [-0.25, -0.2) is 13.1 Å². The fourth-order valence-corrected chi connectivity index (χ4v) is 3.51. The predicted molar refractivity (Wildman–Crippen MR) is 93.8 cm³/mol. The smallest absolute Gasteiger partial charge is 0.326 e. The second-order valence-corrected chi connectivity index (χ2v) is 7.68. The molecule has 1 amide bonds. The second-order valence-electron chi connectivity index (χ2n) is 5.91. The normalized spacial score (nSPS) is 17.6. The van der Waals surface area contributed by atoms with Crippen molar-refractivity contribution in [2.45, 2.75) is 30.3 Å². The third kappa shape index (κ3) is 7.48. The third-order valence-electron chi connectivity index (χ3n) is 3.85. The molecular formula is C15H21ClF3N3O3S. The summed E-state index contributed by atoms with van der Waals surface area (Å²) in [5.74, 6) is 0.302. The summed E-state index contributed by atoms with van der Waals surface area (Å²) in [6.07, 6.45) is -2.45. The van der Waals surface area contributed by atoms with Crippen molar-refractivity contribution in [2.24, 2.45) is 5.92 Å². The number of hydrogen-bond acceptors (Lipinski definition) is 4. The minimum Gasteiger partial charge on any atom is -0.326 e. The Hall–Kier alpha value is -1.36. The van der Waals surface area contributed by atoms with E-state index in [4.69, 9.17) is 0 Å². The highest BCUT2D eigenvalue weighted by molar-refractivity contribution is 7.89. The Bertz CT molecular complexity index is 690. The van der Waals surface area contributed by atoms with E-state index < -0.39 is 22.7 Å². The van der Waals surface area contributed by atoms with Crippen LogP contribution in [0.3, 0.4) is 0 Å². The van der Waals surface area contributed by atoms with Crippen molar-refractivity contribution >= 4 is 34.0 Å². The number of carbonyl (C=O) groups is 1. The molecule has 148 valence electrons. The van der Waals surface area contributed by atoms with Gasteiger partial charge in [0, 0.05) is 12.1 Å². The summed E-state index contributed by atoms with van der Waals surface area (Å²) in [7, 11) is -4.25. The van der Waals surface area contributed by atoms with Gasteiger partial charge in [-0.05, 0) is 56.1 Å². The minimum atomic E-state index is -4.63. The molecule has 0 radical (unpaired) electrons. The largest absolute Gasteiger partial charge is 0.402 e. The van der Waals surface area contributed by atoms with Gasteiger partial charge in [-0.1, -0.05) is 0 Å². The molecule has 11 heteroatoms. The number of nitrogens with one attached hydrogen (secondary N) is 3. The summed E-state index contributed by atoms with van der Waals surface area (Å²) in [5.41, 5.74) is 0.393. The molecule has 3 N–H and O–H groups in total. The lowest BCUT2D eigenvalue weighted by Crippen LogP contribution is -2.33. The molecular weight excluding hydrogens is 395 g/mol. The molecule has 0 saturated carbocycles. The summed E-state index contributed by atoms with van der Waals surface area (Å²) < 4.78 is 61.3. The van der Waals surface area contributed by atoms with E-state index in [9.17, 15) is 26.4 Å². The van der Waals surface area contributed by atoms with Gasteiger partial charge in [0.25, 0.3) is 0 Å². The van der Waals surface area contributed by atoms with Crippen LogP contribution in [0.5, 0.6) is 0 Å². The predicted octanol–water partition coefficient (Wildman–Crippen LogP) is 2.28. The van der Waals surface area contributed by atoms with Crippen LogP contribution in [0.15, 0.2) is 29.2 Å². The Morgan fingerprint density at radius 2 is 1.88 bits per heavy atom. The Balaban J connectivity index is 0.00000338. The van der Waals surface area contributed by atoms with Crippen LogP contribution in [-0.2, 0) is 14.8 Å². The zero-order chi connectivity index (χ0) is 18.5. The van der Waals surface area contributed by atoms with E-state index in [1.54, 1.807) is 0 Å². The van der Waals surface area contributed by atoms with Crippen molar-refractivity contribution in [1.29, 1.82) is 0 Å². The summed E-state index contributed by atoms with van der Waals surface area (Å²) in [4.78, 5) is 11.6. The lowest BCUT2D eigenvalue weighted by molar-refractivity contribution is -0.121. The van der Waals surface area contributed by atoms with Crippen LogP contribution in [0, 0.1) is 5.92 Å². The lowest BCUT2D eigenvalue weighted by atomic mass is 10.0. The van der Waals surface area contributed by atoms with Crippen molar-refractivity contribution in [3.63, 3.8) is 0 Å². The molecule has 1 saturated heterocycles. The molecule has 1 aromatic rings. The van der Waals surface area contributed by atoms with Crippen molar-refractivity contribution in [2.75, 3.05) is 25.0 Å². The van der Waals surface area contributed by atoms with E-state index >= 15 is 0 Å². The number of halogens is 4. The van der Waals surface area contributed by atoms with Crippen molar-refractivity contribution in [3.8, 4) is 0 Å². The van der Waals surface area contributed by atoms with E-state index in [-0.39, 0.29) is 23.2 Å². The first-order valence-corrected chi connectivity index (χ1v) is 9.31. The van der Waals surface area contributed by atoms with Gasteiger partial charge in [0.1, 0.15) is 6.54 Å². The zero-order valence-corrected chi connectivity index (χ0v) is 15.4. The summed E-state index contributed by atoms with van der Waals surface area (Å²) in [6.45, 7) is 0.235. The van der Waals surface area contributed by atoms with Gasteiger partial charge in [-0.15, -0.1) is 12.4 Å². The minimum absolute atomic E-state index is 0. The fourth-order valence-electron chi connectivity index (χ4n) is 2.50. The molecule has 0 aromatic heterocycles. The molecule has 26 heavy (non-hydrogen) atoms. The highest BCUT2D eigenvalue weighted by Gasteiger charge is 2.30. The molecule has 1 aliphatic rings. The standard InChI is InChI=1S/C15H20F3N3O3S.ClH/c16-15(17,18)10-20-25(23,24)13-4-2-12(3-5-13)21-14(22)6-1-11-7-8-19-9-11;/h2-5,11,19-20H,1,6-10H2,(H,21,22);1H. The van der Waals surface area contributed by atoms with Gasteiger partial charge in [0.15, 0.2) is 0 Å². The molecule has 0 spiro atoms. The van der Waals surface area contributed by atoms with E-state index in [2.05, 4.69) is 10.6 Å². The fraction of sp³-hybridized carbons (Fsp3) is 0.533. The molecule has 1 aromatic carbocycles. The zero-order valence-electron chi connectivity index (χ0n) is 13.8. The second kappa shape index (κ2) is 9.54. The van der Waals surface area contributed by atoms with Crippen molar-refractivity contribution < 1.29 is 26.4 Å². The van der Waals surface area contributed by atoms with Crippen molar-refractivity contribution in [1.82, 2.24) is 10.0 Å². The number of alkyl halides is 3. The van der Waals surface area contributed by atoms with Crippen molar-refractivity contribution in [3.05, 3.63) is 24.3 Å². The highest BCUT2D eigenvalue weighted by atomic mass is 35.5. The van der Waals surface area contributed by atoms with Crippen LogP contribution in [0.1, 0.15) is 19.3 Å². The summed E-state index contributed by atoms with van der Waals surface area (Å²) >= 11 is 0. The van der Waals surface area contributed by atoms with Crippen LogP contribution in [0.4, 0.5) is 18.9 Å². The van der Waals surface area contributed by atoms with Gasteiger partial charge in [0.05, 0.1) is 4.90 Å². The number of hydrogen-bond donors (Lipinski definition) is 3. The van der Waals surface area contributed by atoms with Crippen LogP contribution >= 0.6 is 12.4 Å². The lowest BCUT2D eigenvalue weighted by Gasteiger charge is -2.11. The summed E-state index contributed by atoms with van der Waals surface area (Å²) in [5, 5.41) is 5.87. The van der Waals surface area contributed by atoms with E-state index in [1.807, 2.05) is 0 Å². The maximum atomic E-state index is 12.1. The highest BCUT2D eigenvalue weighted by Crippen LogP contribution is 2.18. The molecule has 0 aliphatic carbocycles. The van der Waals surface area contributed by atoms with Gasteiger partial charge in [0.2, 0.25) is 15.9 Å². The van der Waals surface area contributed by atoms with E-state index in [0.717, 1.165) is 38.1 Å². The van der Waals surface area contributed by atoms with Crippen LogP contribution < -0.4 is 15.4 Å². The Morgan fingerprint density at radius 3 is 2.42 bits per heavy atom. The van der Waals surface area contributed by atoms with Crippen LogP contribution in [0.25, 0.3) is 0 Å². The average Bonchev–Trinajstić information content (AvgIpc) is 3.05. The maximum absolute atomic E-state index is 12.1. The first-order chi connectivity index (χ1) is 11.7. The molecule has 0 bridgehead atoms. The van der Waals surface area contributed by atoms with Crippen LogP contribution in [-0.4, -0.2) is 40.1 Å². The number of anilines is 1. The molecule has 1 aliphatic heterocycles. The molecule has 1 unspecified atom stereocenters. The number of sulfonamides is 1. The van der Waals surface area contributed by atoms with Gasteiger partial charge < -0.3 is 10.6 Å². The molecule has 1 heterocycles. The molecule has 2 rings (SSSR count). The first-order valence-electron chi connectivity index (χ1n) is 7.83. The quantitative estimate of drug-likeness (QED) is 0.637. The Morgan fingerprint density at radius 1 is 1.23 bits per heavy atom. The molecule has 6 nitrogen and oxygen atoms in total. The monoisotopic (exact) mass is 415 g/mol. The maximum Gasteiger partial charge on any atom is 0.402 e. The number of benzene rings is 1. The number of amides is 1. The topological polar surface area (TPSA) is 87.3 Å². The number of rotatable bonds is 7.